The normalized spacial score (nSPS) is 19.9. The van der Waals surface area contributed by atoms with E-state index in [1.54, 1.807) is 6.92 Å². The van der Waals surface area contributed by atoms with Crippen molar-refractivity contribution in [2.45, 2.75) is 46.8 Å². The van der Waals surface area contributed by atoms with E-state index >= 15 is 4.57 Å². The summed E-state index contributed by atoms with van der Waals surface area (Å²) in [5.74, 6) is 3.97. The van der Waals surface area contributed by atoms with Gasteiger partial charge in [0.05, 0.1) is 23.8 Å². The summed E-state index contributed by atoms with van der Waals surface area (Å²) in [4.78, 5) is 0. The van der Waals surface area contributed by atoms with Gasteiger partial charge in [0.25, 0.3) is 0 Å². The standard InChI is InChI=1S/C32H29O6P.C4H8.C3H4/c1-20-8-7-11-24(21(20)2)27-14-30(37-19-23-17-35-23)32(15-29(27)36-18-22-16-34-22)39(33)31-13-6-4-10-26(31)25-9-3-5-12-28(25)38-39;1-3-4-2;1-3-2/h3-15,22-23H,16-19H2,1-2H3;3-4H,1-2H3;1H,2H3/b;4-3-;. The van der Waals surface area contributed by atoms with E-state index in [9.17, 15) is 0 Å². The highest BCUT2D eigenvalue weighted by Crippen LogP contribution is 2.56. The Bertz CT molecular complexity index is 1790. The number of rotatable bonds is 8. The van der Waals surface area contributed by atoms with Crippen molar-refractivity contribution in [2.75, 3.05) is 26.4 Å². The Hall–Kier alpha value is -4.27. The highest BCUT2D eigenvalue weighted by atomic mass is 31.2. The molecule has 0 amide bonds. The fourth-order valence-corrected chi connectivity index (χ4v) is 7.45. The molecule has 6 nitrogen and oxygen atoms in total. The summed E-state index contributed by atoms with van der Waals surface area (Å²) in [6.07, 6.45) is 8.70. The fraction of sp³-hybridized carbons (Fsp3) is 0.282. The molecule has 4 aromatic rings. The summed E-state index contributed by atoms with van der Waals surface area (Å²) in [5, 5.41) is 1.12. The first kappa shape index (κ1) is 33.1. The number of aryl methyl sites for hydroxylation is 1. The Balaban J connectivity index is 0.000000546. The van der Waals surface area contributed by atoms with Crippen LogP contribution in [0.3, 0.4) is 0 Å². The van der Waals surface area contributed by atoms with Crippen LogP contribution in [0.4, 0.5) is 0 Å². The van der Waals surface area contributed by atoms with Crippen LogP contribution in [0.15, 0.2) is 91.0 Å². The van der Waals surface area contributed by atoms with Gasteiger partial charge in [-0.05, 0) is 81.1 Å². The molecule has 4 aromatic carbocycles. The van der Waals surface area contributed by atoms with E-state index in [2.05, 4.69) is 38.3 Å². The molecule has 0 aromatic heterocycles. The van der Waals surface area contributed by atoms with Gasteiger partial charge in [-0.1, -0.05) is 66.7 Å². The molecular formula is C39H41O6P. The monoisotopic (exact) mass is 636 g/mol. The van der Waals surface area contributed by atoms with Crippen LogP contribution >= 0.6 is 7.37 Å². The average Bonchev–Trinajstić information content (AvgIpc) is 4.01. The van der Waals surface area contributed by atoms with E-state index in [0.29, 0.717) is 54.3 Å². The first-order chi connectivity index (χ1) is 22.3. The minimum atomic E-state index is -3.63. The SMILES string of the molecule is C#CC.C/C=C\C.Cc1cccc(-c2cc(OCC3CO3)c(P3(=O)Oc4ccccc4-c4ccccc43)cc2OCC2CO2)c1C. The summed E-state index contributed by atoms with van der Waals surface area (Å²) in [5.41, 5.74) is 6.05. The highest BCUT2D eigenvalue weighted by molar-refractivity contribution is 7.75. The molecule has 0 saturated carbocycles. The molecule has 3 aliphatic heterocycles. The van der Waals surface area contributed by atoms with E-state index in [-0.39, 0.29) is 12.2 Å². The van der Waals surface area contributed by atoms with Crippen molar-refractivity contribution < 1.29 is 28.0 Å². The number of hydrogen-bond acceptors (Lipinski definition) is 6. The summed E-state index contributed by atoms with van der Waals surface area (Å²) in [7, 11) is -3.63. The first-order valence-corrected chi connectivity index (χ1v) is 17.1. The lowest BCUT2D eigenvalue weighted by molar-refractivity contribution is 0.259. The Morgan fingerprint density at radius 3 is 1.98 bits per heavy atom. The van der Waals surface area contributed by atoms with Gasteiger partial charge >= 0.3 is 7.37 Å². The summed E-state index contributed by atoms with van der Waals surface area (Å²) in [6.45, 7) is 12.0. The van der Waals surface area contributed by atoms with Gasteiger partial charge in [-0.3, -0.25) is 4.57 Å². The zero-order valence-electron chi connectivity index (χ0n) is 27.1. The number of benzene rings is 4. The molecule has 7 rings (SSSR count). The smallest absolute Gasteiger partial charge is 0.311 e. The molecular weight excluding hydrogens is 595 g/mol. The van der Waals surface area contributed by atoms with Gasteiger partial charge < -0.3 is 23.5 Å². The van der Waals surface area contributed by atoms with Crippen LogP contribution in [0.1, 0.15) is 31.9 Å². The van der Waals surface area contributed by atoms with Gasteiger partial charge in [0.1, 0.15) is 42.7 Å². The van der Waals surface area contributed by atoms with E-state index in [0.717, 1.165) is 27.8 Å². The lowest BCUT2D eigenvalue weighted by Gasteiger charge is -2.30. The second-order valence-corrected chi connectivity index (χ2v) is 13.5. The summed E-state index contributed by atoms with van der Waals surface area (Å²) < 4.78 is 45.2. The van der Waals surface area contributed by atoms with Crippen molar-refractivity contribution in [3.8, 4) is 51.8 Å². The lowest BCUT2D eigenvalue weighted by Crippen LogP contribution is -2.27. The van der Waals surface area contributed by atoms with Crippen LogP contribution in [0.5, 0.6) is 17.2 Å². The second-order valence-electron chi connectivity index (χ2n) is 11.2. The van der Waals surface area contributed by atoms with Crippen LogP contribution in [-0.4, -0.2) is 38.6 Å². The minimum Gasteiger partial charge on any atom is -0.490 e. The van der Waals surface area contributed by atoms with E-state index in [1.807, 2.05) is 92.7 Å². The van der Waals surface area contributed by atoms with E-state index in [4.69, 9.17) is 23.5 Å². The number of terminal acetylenes is 1. The van der Waals surface area contributed by atoms with Gasteiger partial charge in [0.2, 0.25) is 0 Å². The van der Waals surface area contributed by atoms with Crippen LogP contribution < -0.4 is 24.6 Å². The molecule has 7 heteroatoms. The third-order valence-corrected chi connectivity index (χ3v) is 10.3. The van der Waals surface area contributed by atoms with Gasteiger partial charge in [0.15, 0.2) is 0 Å². The molecule has 0 aliphatic carbocycles. The third kappa shape index (κ3) is 7.40. The number of hydrogen-bond donors (Lipinski definition) is 0. The average molecular weight is 637 g/mol. The van der Waals surface area contributed by atoms with Gasteiger partial charge in [-0.15, -0.1) is 12.3 Å². The number of fused-ring (bicyclic) bond motifs is 3. The minimum absolute atomic E-state index is 0.0335. The van der Waals surface area contributed by atoms with Crippen molar-refractivity contribution in [1.29, 1.82) is 0 Å². The molecule has 3 unspecified atom stereocenters. The van der Waals surface area contributed by atoms with Crippen LogP contribution in [0.25, 0.3) is 22.3 Å². The molecule has 0 radical (unpaired) electrons. The fourth-order valence-electron chi connectivity index (χ4n) is 5.06. The topological polar surface area (TPSA) is 69.8 Å². The maximum atomic E-state index is 15.2. The van der Waals surface area contributed by atoms with Crippen LogP contribution in [-0.2, 0) is 14.0 Å². The molecule has 3 heterocycles. The Morgan fingerprint density at radius 1 is 0.783 bits per heavy atom. The number of para-hydroxylation sites is 1. The maximum absolute atomic E-state index is 15.2. The molecule has 2 fully saturated rings. The zero-order chi connectivity index (χ0) is 32.7. The maximum Gasteiger partial charge on any atom is 0.311 e. The van der Waals surface area contributed by atoms with Crippen molar-refractivity contribution in [3.63, 3.8) is 0 Å². The first-order valence-electron chi connectivity index (χ1n) is 15.5. The Labute approximate surface area is 272 Å². The van der Waals surface area contributed by atoms with E-state index in [1.165, 1.54) is 5.56 Å². The predicted octanol–water partition coefficient (Wildman–Crippen LogP) is 8.04. The van der Waals surface area contributed by atoms with Crippen LogP contribution in [0, 0.1) is 26.2 Å². The quantitative estimate of drug-likeness (QED) is 0.0844. The van der Waals surface area contributed by atoms with Crippen LogP contribution in [0.2, 0.25) is 0 Å². The largest absolute Gasteiger partial charge is 0.490 e. The third-order valence-electron chi connectivity index (χ3n) is 7.89. The predicted molar refractivity (Wildman–Crippen MR) is 186 cm³/mol. The van der Waals surface area contributed by atoms with Crippen molar-refractivity contribution >= 4 is 18.0 Å². The second kappa shape index (κ2) is 14.9. The Morgan fingerprint density at radius 2 is 1.35 bits per heavy atom. The summed E-state index contributed by atoms with van der Waals surface area (Å²) in [6, 6.07) is 25.5. The number of allylic oxidation sites excluding steroid dienone is 2. The molecule has 238 valence electrons. The molecule has 3 atom stereocenters. The highest BCUT2D eigenvalue weighted by Gasteiger charge is 2.41. The van der Waals surface area contributed by atoms with Gasteiger partial charge in [-0.2, -0.15) is 0 Å². The van der Waals surface area contributed by atoms with Crippen molar-refractivity contribution in [1.82, 2.24) is 0 Å². The molecule has 2 saturated heterocycles. The van der Waals surface area contributed by atoms with Gasteiger partial charge in [-0.25, -0.2) is 0 Å². The van der Waals surface area contributed by atoms with Gasteiger partial charge in [0, 0.05) is 11.1 Å². The number of ether oxygens (including phenoxy) is 4. The molecule has 0 N–H and O–H groups in total. The van der Waals surface area contributed by atoms with E-state index < -0.39 is 7.37 Å². The molecule has 0 spiro atoms. The molecule has 0 bridgehead atoms. The zero-order valence-corrected chi connectivity index (χ0v) is 28.0. The molecule has 3 aliphatic rings. The Kier molecular flexibility index (Phi) is 10.7. The molecule has 46 heavy (non-hydrogen) atoms. The summed E-state index contributed by atoms with van der Waals surface area (Å²) >= 11 is 0. The lowest BCUT2D eigenvalue weighted by atomic mass is 9.96. The van der Waals surface area contributed by atoms with Crippen molar-refractivity contribution in [3.05, 3.63) is 102 Å². The number of epoxide rings is 2. The van der Waals surface area contributed by atoms with Crippen molar-refractivity contribution in [2.24, 2.45) is 0 Å².